The van der Waals surface area contributed by atoms with Gasteiger partial charge in [-0.15, -0.1) is 0 Å². The van der Waals surface area contributed by atoms with Crippen molar-refractivity contribution in [3.63, 3.8) is 0 Å². The van der Waals surface area contributed by atoms with Crippen LogP contribution in [0.1, 0.15) is 30.7 Å². The molecule has 9 heteroatoms. The molecule has 2 unspecified atom stereocenters. The highest BCUT2D eigenvalue weighted by molar-refractivity contribution is 5.84. The number of aryl methyl sites for hydroxylation is 1. The van der Waals surface area contributed by atoms with Gasteiger partial charge in [0, 0.05) is 42.3 Å². The normalized spacial score (nSPS) is 18.8. The van der Waals surface area contributed by atoms with Crippen LogP contribution >= 0.6 is 0 Å². The predicted molar refractivity (Wildman–Crippen MR) is 117 cm³/mol. The van der Waals surface area contributed by atoms with Crippen molar-refractivity contribution in [1.29, 1.82) is 5.26 Å². The molecular weight excluding hydrogens is 431 g/mol. The molecule has 1 aromatic carbocycles. The van der Waals surface area contributed by atoms with Gasteiger partial charge < -0.3 is 9.64 Å². The van der Waals surface area contributed by atoms with Crippen LogP contribution in [0.4, 0.5) is 19.1 Å². The van der Waals surface area contributed by atoms with E-state index in [2.05, 4.69) is 9.97 Å². The highest BCUT2D eigenvalue weighted by Gasteiger charge is 2.35. The summed E-state index contributed by atoms with van der Waals surface area (Å²) in [5, 5.41) is 9.69. The Labute approximate surface area is 189 Å². The second-order valence-corrected chi connectivity index (χ2v) is 8.12. The number of nitriles is 1. The van der Waals surface area contributed by atoms with Crippen LogP contribution in [-0.2, 0) is 10.9 Å². The topological polar surface area (TPSA) is 74.9 Å². The number of benzene rings is 1. The SMILES string of the molecule is Cc1cc(-c2cnc(N3CC(C)OC(C)C3)nc2-c2cccc(C(F)(F)F)c2C#N)ccn1. The standard InChI is InChI=1S/C24H22F3N5O/c1-14-9-17(7-8-29-14)20-11-30-23(32-12-15(2)33-16(3)13-32)31-22(20)18-5-4-6-21(19(18)10-28)24(25,26)27/h4-9,11,15-16H,12-13H2,1-3H3. The van der Waals surface area contributed by atoms with E-state index in [1.54, 1.807) is 30.6 Å². The van der Waals surface area contributed by atoms with Crippen LogP contribution in [0.15, 0.2) is 42.7 Å². The van der Waals surface area contributed by atoms with E-state index in [4.69, 9.17) is 9.72 Å². The minimum absolute atomic E-state index is 0.0495. The van der Waals surface area contributed by atoms with Crippen molar-refractivity contribution in [3.8, 4) is 28.5 Å². The molecule has 1 fully saturated rings. The molecule has 2 aromatic heterocycles. The molecule has 0 N–H and O–H groups in total. The lowest BCUT2D eigenvalue weighted by molar-refractivity contribution is -0.137. The van der Waals surface area contributed by atoms with Crippen molar-refractivity contribution in [1.82, 2.24) is 15.0 Å². The summed E-state index contributed by atoms with van der Waals surface area (Å²) in [5.41, 5.74) is 0.875. The first-order valence-corrected chi connectivity index (χ1v) is 10.5. The number of hydrogen-bond donors (Lipinski definition) is 0. The number of morpholine rings is 1. The lowest BCUT2D eigenvalue weighted by Gasteiger charge is -2.35. The number of hydrogen-bond acceptors (Lipinski definition) is 6. The molecular formula is C24H22F3N5O. The van der Waals surface area contributed by atoms with Crippen LogP contribution in [0, 0.1) is 18.3 Å². The molecule has 6 nitrogen and oxygen atoms in total. The van der Waals surface area contributed by atoms with Gasteiger partial charge in [0.05, 0.1) is 29.0 Å². The van der Waals surface area contributed by atoms with E-state index in [9.17, 15) is 18.4 Å². The van der Waals surface area contributed by atoms with E-state index in [0.29, 0.717) is 30.2 Å². The molecule has 3 aromatic rings. The van der Waals surface area contributed by atoms with Crippen LogP contribution in [0.2, 0.25) is 0 Å². The van der Waals surface area contributed by atoms with E-state index in [-0.39, 0.29) is 23.5 Å². The Hall–Kier alpha value is -3.51. The number of alkyl halides is 3. The number of nitrogens with zero attached hydrogens (tertiary/aromatic N) is 5. The number of rotatable bonds is 3. The van der Waals surface area contributed by atoms with E-state index >= 15 is 0 Å². The summed E-state index contributed by atoms with van der Waals surface area (Å²) in [5.74, 6) is 0.378. The second-order valence-electron chi connectivity index (χ2n) is 8.12. The Balaban J connectivity index is 1.94. The van der Waals surface area contributed by atoms with Gasteiger partial charge in [-0.3, -0.25) is 4.98 Å². The minimum atomic E-state index is -4.67. The molecule has 170 valence electrons. The van der Waals surface area contributed by atoms with E-state index in [0.717, 1.165) is 11.8 Å². The number of pyridine rings is 1. The molecule has 0 amide bonds. The van der Waals surface area contributed by atoms with Gasteiger partial charge in [0.15, 0.2) is 0 Å². The van der Waals surface area contributed by atoms with Gasteiger partial charge in [-0.25, -0.2) is 9.97 Å². The molecule has 2 atom stereocenters. The Morgan fingerprint density at radius 3 is 2.45 bits per heavy atom. The Bertz CT molecular complexity index is 1210. The minimum Gasteiger partial charge on any atom is -0.372 e. The molecule has 0 bridgehead atoms. The molecule has 1 saturated heterocycles. The number of ether oxygens (including phenoxy) is 1. The van der Waals surface area contributed by atoms with Crippen molar-refractivity contribution in [2.24, 2.45) is 0 Å². The van der Waals surface area contributed by atoms with Gasteiger partial charge >= 0.3 is 6.18 Å². The van der Waals surface area contributed by atoms with Gasteiger partial charge in [0.1, 0.15) is 6.07 Å². The number of halogens is 3. The molecule has 0 aliphatic carbocycles. The van der Waals surface area contributed by atoms with Gasteiger partial charge in [0.25, 0.3) is 0 Å². The van der Waals surface area contributed by atoms with Crippen LogP contribution in [0.5, 0.6) is 0 Å². The quantitative estimate of drug-likeness (QED) is 0.555. The zero-order valence-corrected chi connectivity index (χ0v) is 18.4. The molecule has 0 spiro atoms. The monoisotopic (exact) mass is 453 g/mol. The van der Waals surface area contributed by atoms with Gasteiger partial charge in [-0.1, -0.05) is 12.1 Å². The summed E-state index contributed by atoms with van der Waals surface area (Å²) in [6.07, 6.45) is -1.55. The fraction of sp³-hybridized carbons (Fsp3) is 0.333. The smallest absolute Gasteiger partial charge is 0.372 e. The maximum Gasteiger partial charge on any atom is 0.417 e. The maximum atomic E-state index is 13.6. The van der Waals surface area contributed by atoms with Crippen molar-refractivity contribution in [2.45, 2.75) is 39.2 Å². The second kappa shape index (κ2) is 8.79. The Morgan fingerprint density at radius 2 is 1.82 bits per heavy atom. The number of aromatic nitrogens is 3. The zero-order chi connectivity index (χ0) is 23.8. The van der Waals surface area contributed by atoms with Crippen molar-refractivity contribution < 1.29 is 17.9 Å². The Kier molecular flexibility index (Phi) is 6.04. The zero-order valence-electron chi connectivity index (χ0n) is 18.4. The molecule has 0 saturated carbocycles. The van der Waals surface area contributed by atoms with Crippen molar-refractivity contribution >= 4 is 5.95 Å². The van der Waals surface area contributed by atoms with Gasteiger partial charge in [0.2, 0.25) is 5.95 Å². The highest BCUT2D eigenvalue weighted by atomic mass is 19.4. The Morgan fingerprint density at radius 1 is 1.09 bits per heavy atom. The fourth-order valence-electron chi connectivity index (χ4n) is 4.10. The van der Waals surface area contributed by atoms with Gasteiger partial charge in [-0.2, -0.15) is 18.4 Å². The lowest BCUT2D eigenvalue weighted by atomic mass is 9.94. The van der Waals surface area contributed by atoms with Crippen LogP contribution in [0.3, 0.4) is 0 Å². The van der Waals surface area contributed by atoms with Crippen molar-refractivity contribution in [2.75, 3.05) is 18.0 Å². The molecule has 1 aliphatic heterocycles. The summed E-state index contributed by atoms with van der Waals surface area (Å²) in [7, 11) is 0. The van der Waals surface area contributed by atoms with Crippen LogP contribution < -0.4 is 4.90 Å². The molecule has 0 radical (unpaired) electrons. The van der Waals surface area contributed by atoms with E-state index < -0.39 is 17.3 Å². The predicted octanol–water partition coefficient (Wildman–Crippen LogP) is 5.02. The average Bonchev–Trinajstić information content (AvgIpc) is 2.77. The van der Waals surface area contributed by atoms with Crippen LogP contribution in [-0.4, -0.2) is 40.2 Å². The average molecular weight is 453 g/mol. The molecule has 4 rings (SSSR count). The lowest BCUT2D eigenvalue weighted by Crippen LogP contribution is -2.46. The third-order valence-electron chi connectivity index (χ3n) is 5.42. The molecule has 1 aliphatic rings. The van der Waals surface area contributed by atoms with Gasteiger partial charge in [-0.05, 0) is 44.5 Å². The fourth-order valence-corrected chi connectivity index (χ4v) is 4.10. The maximum absolute atomic E-state index is 13.6. The number of anilines is 1. The summed E-state index contributed by atoms with van der Waals surface area (Å²) in [4.78, 5) is 15.4. The summed E-state index contributed by atoms with van der Waals surface area (Å²) in [6, 6.07) is 8.98. The highest BCUT2D eigenvalue weighted by Crippen LogP contribution is 2.39. The first-order chi connectivity index (χ1) is 15.7. The largest absolute Gasteiger partial charge is 0.417 e. The molecule has 33 heavy (non-hydrogen) atoms. The van der Waals surface area contributed by atoms with Crippen molar-refractivity contribution in [3.05, 3.63) is 59.5 Å². The summed E-state index contributed by atoms with van der Waals surface area (Å²) in [6.45, 7) is 6.80. The third kappa shape index (κ3) is 4.66. The molecule has 3 heterocycles. The van der Waals surface area contributed by atoms with E-state index in [1.807, 2.05) is 25.7 Å². The third-order valence-corrected chi connectivity index (χ3v) is 5.42. The van der Waals surface area contributed by atoms with Crippen LogP contribution in [0.25, 0.3) is 22.4 Å². The summed E-state index contributed by atoms with van der Waals surface area (Å²) < 4.78 is 46.7. The first-order valence-electron chi connectivity index (χ1n) is 10.5. The first kappa shape index (κ1) is 22.7. The summed E-state index contributed by atoms with van der Waals surface area (Å²) >= 11 is 0. The van der Waals surface area contributed by atoms with E-state index in [1.165, 1.54) is 12.1 Å².